The molecule has 0 bridgehead atoms. The standard InChI is InChI=1S/C13H15ClN2O2/c1-3-4-10-12(14)15-11-7-9(8-18-2)5-6-16(11)13(10)17/h5-7H,3-4,8H2,1-2H3. The van der Waals surface area contributed by atoms with E-state index in [0.717, 1.165) is 12.0 Å². The van der Waals surface area contributed by atoms with E-state index in [4.69, 9.17) is 16.3 Å². The lowest BCUT2D eigenvalue weighted by molar-refractivity contribution is 0.185. The van der Waals surface area contributed by atoms with Crippen LogP contribution in [0.15, 0.2) is 23.1 Å². The number of nitrogens with zero attached hydrogens (tertiary/aromatic N) is 2. The van der Waals surface area contributed by atoms with Gasteiger partial charge < -0.3 is 4.74 Å². The largest absolute Gasteiger partial charge is 0.380 e. The number of aromatic nitrogens is 2. The van der Waals surface area contributed by atoms with Crippen molar-refractivity contribution in [2.24, 2.45) is 0 Å². The zero-order valence-corrected chi connectivity index (χ0v) is 11.2. The van der Waals surface area contributed by atoms with Crippen LogP contribution in [-0.4, -0.2) is 16.5 Å². The van der Waals surface area contributed by atoms with Gasteiger partial charge in [0.2, 0.25) is 0 Å². The number of hydrogen-bond donors (Lipinski definition) is 0. The predicted octanol–water partition coefficient (Wildman–Crippen LogP) is 2.45. The van der Waals surface area contributed by atoms with Crippen molar-refractivity contribution >= 4 is 17.2 Å². The predicted molar refractivity (Wildman–Crippen MR) is 71.2 cm³/mol. The molecule has 0 unspecified atom stereocenters. The van der Waals surface area contributed by atoms with Gasteiger partial charge in [-0.25, -0.2) is 4.98 Å². The third-order valence-corrected chi connectivity index (χ3v) is 3.06. The highest BCUT2D eigenvalue weighted by Crippen LogP contribution is 2.13. The van der Waals surface area contributed by atoms with Crippen molar-refractivity contribution in [2.45, 2.75) is 26.4 Å². The van der Waals surface area contributed by atoms with Crippen LogP contribution < -0.4 is 5.56 Å². The normalized spacial score (nSPS) is 11.1. The van der Waals surface area contributed by atoms with Crippen LogP contribution in [0.3, 0.4) is 0 Å². The molecule has 0 aliphatic carbocycles. The molecular formula is C13H15ClN2O2. The molecule has 2 aromatic rings. The zero-order chi connectivity index (χ0) is 13.1. The van der Waals surface area contributed by atoms with Gasteiger partial charge in [-0.05, 0) is 24.1 Å². The van der Waals surface area contributed by atoms with E-state index in [-0.39, 0.29) is 5.56 Å². The Kier molecular flexibility index (Phi) is 3.99. The number of methoxy groups -OCH3 is 1. The van der Waals surface area contributed by atoms with Crippen LogP contribution in [0.25, 0.3) is 5.65 Å². The fraction of sp³-hybridized carbons (Fsp3) is 0.385. The van der Waals surface area contributed by atoms with Crippen molar-refractivity contribution in [3.63, 3.8) is 0 Å². The minimum absolute atomic E-state index is 0.0872. The number of pyridine rings is 1. The van der Waals surface area contributed by atoms with E-state index in [1.54, 1.807) is 13.3 Å². The lowest BCUT2D eigenvalue weighted by atomic mass is 10.2. The monoisotopic (exact) mass is 266 g/mol. The van der Waals surface area contributed by atoms with Gasteiger partial charge in [0, 0.05) is 13.3 Å². The van der Waals surface area contributed by atoms with Gasteiger partial charge in [0.25, 0.3) is 5.56 Å². The molecule has 0 aliphatic rings. The molecule has 2 aromatic heterocycles. The van der Waals surface area contributed by atoms with Crippen molar-refractivity contribution in [1.82, 2.24) is 9.38 Å². The van der Waals surface area contributed by atoms with Crippen molar-refractivity contribution < 1.29 is 4.74 Å². The molecule has 5 heteroatoms. The summed E-state index contributed by atoms with van der Waals surface area (Å²) in [6, 6.07) is 3.66. The second-order valence-electron chi connectivity index (χ2n) is 4.13. The van der Waals surface area contributed by atoms with Gasteiger partial charge in [-0.2, -0.15) is 0 Å². The minimum atomic E-state index is -0.0872. The third kappa shape index (κ3) is 2.40. The Morgan fingerprint density at radius 1 is 1.50 bits per heavy atom. The molecule has 2 rings (SSSR count). The van der Waals surface area contributed by atoms with Gasteiger partial charge in [0.15, 0.2) is 0 Å². The molecule has 4 nitrogen and oxygen atoms in total. The van der Waals surface area contributed by atoms with Gasteiger partial charge in [-0.3, -0.25) is 9.20 Å². The lowest BCUT2D eigenvalue weighted by Crippen LogP contribution is -2.20. The molecule has 0 saturated heterocycles. The maximum Gasteiger partial charge on any atom is 0.262 e. The van der Waals surface area contributed by atoms with Crippen molar-refractivity contribution in [2.75, 3.05) is 7.11 Å². The first kappa shape index (κ1) is 13.1. The Bertz CT molecular complexity index is 622. The summed E-state index contributed by atoms with van der Waals surface area (Å²) in [5.74, 6) is 0. The van der Waals surface area contributed by atoms with Crippen LogP contribution in [0.1, 0.15) is 24.5 Å². The van der Waals surface area contributed by atoms with E-state index in [9.17, 15) is 4.79 Å². The molecule has 0 radical (unpaired) electrons. The number of rotatable bonds is 4. The number of halogens is 1. The molecule has 18 heavy (non-hydrogen) atoms. The summed E-state index contributed by atoms with van der Waals surface area (Å²) in [4.78, 5) is 16.5. The summed E-state index contributed by atoms with van der Waals surface area (Å²) in [6.07, 6.45) is 3.23. The highest BCUT2D eigenvalue weighted by Gasteiger charge is 2.10. The van der Waals surface area contributed by atoms with Gasteiger partial charge in [-0.1, -0.05) is 24.9 Å². The summed E-state index contributed by atoms with van der Waals surface area (Å²) < 4.78 is 6.58. The smallest absolute Gasteiger partial charge is 0.262 e. The Hall–Kier alpha value is -1.39. The van der Waals surface area contributed by atoms with Gasteiger partial charge in [-0.15, -0.1) is 0 Å². The zero-order valence-electron chi connectivity index (χ0n) is 10.4. The maximum absolute atomic E-state index is 12.2. The quantitative estimate of drug-likeness (QED) is 0.799. The average molecular weight is 267 g/mol. The minimum Gasteiger partial charge on any atom is -0.380 e. The molecule has 0 aliphatic heterocycles. The molecule has 0 amide bonds. The number of hydrogen-bond acceptors (Lipinski definition) is 3. The summed E-state index contributed by atoms with van der Waals surface area (Å²) in [7, 11) is 1.63. The highest BCUT2D eigenvalue weighted by atomic mass is 35.5. The van der Waals surface area contributed by atoms with E-state index in [1.165, 1.54) is 4.40 Å². The van der Waals surface area contributed by atoms with Gasteiger partial charge >= 0.3 is 0 Å². The van der Waals surface area contributed by atoms with Gasteiger partial charge in [0.05, 0.1) is 12.2 Å². The van der Waals surface area contributed by atoms with Crippen molar-refractivity contribution in [1.29, 1.82) is 0 Å². The average Bonchev–Trinajstić information content (AvgIpc) is 2.34. The van der Waals surface area contributed by atoms with E-state index >= 15 is 0 Å². The van der Waals surface area contributed by atoms with Gasteiger partial charge in [0.1, 0.15) is 10.8 Å². The molecule has 2 heterocycles. The lowest BCUT2D eigenvalue weighted by Gasteiger charge is -2.07. The SMILES string of the molecule is CCCc1c(Cl)nc2cc(COC)ccn2c1=O. The molecule has 96 valence electrons. The van der Waals surface area contributed by atoms with Crippen LogP contribution in [0.2, 0.25) is 5.15 Å². The Balaban J connectivity index is 2.62. The first-order chi connectivity index (χ1) is 8.67. The highest BCUT2D eigenvalue weighted by molar-refractivity contribution is 6.30. The summed E-state index contributed by atoms with van der Waals surface area (Å²) in [6.45, 7) is 2.49. The van der Waals surface area contributed by atoms with Crippen LogP contribution in [0.5, 0.6) is 0 Å². The van der Waals surface area contributed by atoms with E-state index in [0.29, 0.717) is 29.4 Å². The third-order valence-electron chi connectivity index (χ3n) is 2.75. The molecule has 0 N–H and O–H groups in total. The Morgan fingerprint density at radius 2 is 2.28 bits per heavy atom. The van der Waals surface area contributed by atoms with Crippen LogP contribution in [0, 0.1) is 0 Å². The number of ether oxygens (including phenoxy) is 1. The summed E-state index contributed by atoms with van der Waals surface area (Å²) >= 11 is 6.06. The fourth-order valence-electron chi connectivity index (χ4n) is 1.91. The summed E-state index contributed by atoms with van der Waals surface area (Å²) in [5.41, 5.74) is 2.01. The van der Waals surface area contributed by atoms with Crippen LogP contribution in [0.4, 0.5) is 0 Å². The van der Waals surface area contributed by atoms with Crippen molar-refractivity contribution in [3.05, 3.63) is 45.0 Å². The molecule has 0 spiro atoms. The molecule has 0 aromatic carbocycles. The first-order valence-electron chi connectivity index (χ1n) is 5.86. The Morgan fingerprint density at radius 3 is 2.94 bits per heavy atom. The van der Waals surface area contributed by atoms with Crippen molar-refractivity contribution in [3.8, 4) is 0 Å². The van der Waals surface area contributed by atoms with E-state index in [1.807, 2.05) is 19.1 Å². The fourth-order valence-corrected chi connectivity index (χ4v) is 2.17. The topological polar surface area (TPSA) is 43.6 Å². The van der Waals surface area contributed by atoms with E-state index in [2.05, 4.69) is 4.98 Å². The van der Waals surface area contributed by atoms with Crippen LogP contribution >= 0.6 is 11.6 Å². The molecule has 0 saturated carbocycles. The summed E-state index contributed by atoms with van der Waals surface area (Å²) in [5, 5.41) is 0.302. The maximum atomic E-state index is 12.2. The molecule has 0 fully saturated rings. The second-order valence-corrected chi connectivity index (χ2v) is 4.49. The molecule has 0 atom stereocenters. The first-order valence-corrected chi connectivity index (χ1v) is 6.23. The Labute approximate surface area is 110 Å². The molecular weight excluding hydrogens is 252 g/mol. The second kappa shape index (κ2) is 5.50. The number of fused-ring (bicyclic) bond motifs is 1. The van der Waals surface area contributed by atoms with E-state index < -0.39 is 0 Å². The van der Waals surface area contributed by atoms with Crippen LogP contribution in [-0.2, 0) is 17.8 Å².